The van der Waals surface area contributed by atoms with E-state index in [1.54, 1.807) is 17.0 Å². The fourth-order valence-corrected chi connectivity index (χ4v) is 2.20. The Morgan fingerprint density at radius 2 is 2.00 bits per heavy atom. The molecule has 0 aromatic heterocycles. The van der Waals surface area contributed by atoms with Gasteiger partial charge in [0, 0.05) is 18.7 Å². The monoisotopic (exact) mass is 264 g/mol. The molecule has 19 heavy (non-hydrogen) atoms. The summed E-state index contributed by atoms with van der Waals surface area (Å²) in [5.41, 5.74) is 0.629. The Kier molecular flexibility index (Phi) is 4.14. The van der Waals surface area contributed by atoms with Gasteiger partial charge in [-0.2, -0.15) is 0 Å². The van der Waals surface area contributed by atoms with Crippen LogP contribution >= 0.6 is 0 Å². The summed E-state index contributed by atoms with van der Waals surface area (Å²) in [7, 11) is 0. The second-order valence-electron chi connectivity index (χ2n) is 4.63. The molecule has 1 N–H and O–H groups in total. The summed E-state index contributed by atoms with van der Waals surface area (Å²) >= 11 is 0. The fourth-order valence-electron chi connectivity index (χ4n) is 2.20. The lowest BCUT2D eigenvalue weighted by atomic mass is 10.1. The van der Waals surface area contributed by atoms with Crippen molar-refractivity contribution in [3.05, 3.63) is 30.1 Å². The average molecular weight is 264 g/mol. The van der Waals surface area contributed by atoms with Crippen LogP contribution in [0, 0.1) is 5.82 Å². The van der Waals surface area contributed by atoms with Gasteiger partial charge in [-0.15, -0.1) is 0 Å². The molecule has 1 fully saturated rings. The van der Waals surface area contributed by atoms with Crippen molar-refractivity contribution in [2.24, 2.45) is 0 Å². The van der Waals surface area contributed by atoms with Crippen LogP contribution in [0.15, 0.2) is 24.3 Å². The number of anilines is 1. The van der Waals surface area contributed by atoms with Crippen LogP contribution in [-0.2, 0) is 9.59 Å². The van der Waals surface area contributed by atoms with Gasteiger partial charge in [0.25, 0.3) is 0 Å². The van der Waals surface area contributed by atoms with Crippen molar-refractivity contribution in [1.82, 2.24) is 5.32 Å². The van der Waals surface area contributed by atoms with Crippen molar-refractivity contribution in [3.8, 4) is 0 Å². The third-order valence-electron chi connectivity index (χ3n) is 3.18. The zero-order chi connectivity index (χ0) is 13.8. The highest BCUT2D eigenvalue weighted by Gasteiger charge is 2.29. The number of rotatable bonds is 3. The minimum Gasteiger partial charge on any atom is -0.344 e. The summed E-state index contributed by atoms with van der Waals surface area (Å²) in [6.07, 6.45) is 1.69. The van der Waals surface area contributed by atoms with E-state index in [2.05, 4.69) is 5.32 Å². The number of benzene rings is 1. The van der Waals surface area contributed by atoms with Gasteiger partial charge in [0.15, 0.2) is 0 Å². The second-order valence-corrected chi connectivity index (χ2v) is 4.63. The van der Waals surface area contributed by atoms with E-state index < -0.39 is 6.04 Å². The van der Waals surface area contributed by atoms with E-state index in [1.807, 2.05) is 6.92 Å². The molecule has 1 saturated heterocycles. The van der Waals surface area contributed by atoms with E-state index in [0.717, 1.165) is 6.42 Å². The van der Waals surface area contributed by atoms with Crippen LogP contribution in [-0.4, -0.2) is 24.4 Å². The minimum absolute atomic E-state index is 0.114. The Morgan fingerprint density at radius 1 is 1.32 bits per heavy atom. The van der Waals surface area contributed by atoms with Crippen molar-refractivity contribution in [2.45, 2.75) is 32.2 Å². The standard InChI is InChI=1S/C14H17FN2O2/c1-2-3-12-14(19)17(9-8-13(18)16-12)11-6-4-10(15)5-7-11/h4-7,12H,2-3,8-9H2,1H3,(H,16,18). The second kappa shape index (κ2) is 5.82. The Balaban J connectivity index is 2.25. The van der Waals surface area contributed by atoms with E-state index in [0.29, 0.717) is 18.7 Å². The van der Waals surface area contributed by atoms with Crippen molar-refractivity contribution in [3.63, 3.8) is 0 Å². The number of nitrogens with zero attached hydrogens (tertiary/aromatic N) is 1. The number of hydrogen-bond donors (Lipinski definition) is 1. The number of carbonyl (C=O) groups excluding carboxylic acids is 2. The third-order valence-corrected chi connectivity index (χ3v) is 3.18. The first-order chi connectivity index (χ1) is 9.11. The molecule has 0 bridgehead atoms. The molecule has 2 amide bonds. The number of nitrogens with one attached hydrogen (secondary N) is 1. The number of halogens is 1. The quantitative estimate of drug-likeness (QED) is 0.905. The molecule has 1 atom stereocenters. The van der Waals surface area contributed by atoms with E-state index in [4.69, 9.17) is 0 Å². The zero-order valence-electron chi connectivity index (χ0n) is 10.9. The highest BCUT2D eigenvalue weighted by atomic mass is 19.1. The maximum absolute atomic E-state index is 12.9. The van der Waals surface area contributed by atoms with Crippen LogP contribution in [0.1, 0.15) is 26.2 Å². The van der Waals surface area contributed by atoms with Crippen LogP contribution < -0.4 is 10.2 Å². The van der Waals surface area contributed by atoms with Crippen molar-refractivity contribution in [1.29, 1.82) is 0 Å². The molecular weight excluding hydrogens is 247 g/mol. The van der Waals surface area contributed by atoms with Gasteiger partial charge in [-0.25, -0.2) is 4.39 Å². The van der Waals surface area contributed by atoms with E-state index >= 15 is 0 Å². The van der Waals surface area contributed by atoms with Gasteiger partial charge in [-0.3, -0.25) is 9.59 Å². The van der Waals surface area contributed by atoms with Gasteiger partial charge in [0.05, 0.1) is 0 Å². The molecule has 0 spiro atoms. The van der Waals surface area contributed by atoms with Gasteiger partial charge in [0.2, 0.25) is 11.8 Å². The molecule has 0 aliphatic carbocycles. The maximum atomic E-state index is 12.9. The Bertz CT molecular complexity index is 473. The highest BCUT2D eigenvalue weighted by Crippen LogP contribution is 2.19. The lowest BCUT2D eigenvalue weighted by Crippen LogP contribution is -2.44. The number of carbonyl (C=O) groups is 2. The van der Waals surface area contributed by atoms with Crippen molar-refractivity contribution >= 4 is 17.5 Å². The molecule has 0 saturated carbocycles. The first-order valence-corrected chi connectivity index (χ1v) is 6.48. The maximum Gasteiger partial charge on any atom is 0.249 e. The molecule has 102 valence electrons. The largest absolute Gasteiger partial charge is 0.344 e. The van der Waals surface area contributed by atoms with E-state index in [1.165, 1.54) is 12.1 Å². The lowest BCUT2D eigenvalue weighted by molar-refractivity contribution is -0.125. The number of hydrogen-bond acceptors (Lipinski definition) is 2. The molecule has 2 rings (SSSR count). The normalized spacial score (nSPS) is 20.1. The van der Waals surface area contributed by atoms with Crippen molar-refractivity contribution in [2.75, 3.05) is 11.4 Å². The fraction of sp³-hybridized carbons (Fsp3) is 0.429. The molecule has 0 radical (unpaired) electrons. The van der Waals surface area contributed by atoms with Crippen molar-refractivity contribution < 1.29 is 14.0 Å². The Hall–Kier alpha value is -1.91. The predicted octanol–water partition coefficient (Wildman–Crippen LogP) is 1.85. The first-order valence-electron chi connectivity index (χ1n) is 6.48. The van der Waals surface area contributed by atoms with Gasteiger partial charge in [-0.1, -0.05) is 13.3 Å². The van der Waals surface area contributed by atoms with Crippen LogP contribution in [0.4, 0.5) is 10.1 Å². The SMILES string of the molecule is CCCC1NC(=O)CCN(c2ccc(F)cc2)C1=O. The Labute approximate surface area is 111 Å². The van der Waals surface area contributed by atoms with E-state index in [-0.39, 0.29) is 24.1 Å². The average Bonchev–Trinajstić information content (AvgIpc) is 2.52. The predicted molar refractivity (Wildman–Crippen MR) is 70.2 cm³/mol. The minimum atomic E-state index is -0.481. The molecule has 1 heterocycles. The topological polar surface area (TPSA) is 49.4 Å². The third kappa shape index (κ3) is 3.10. The summed E-state index contributed by atoms with van der Waals surface area (Å²) < 4.78 is 12.9. The Morgan fingerprint density at radius 3 is 2.63 bits per heavy atom. The molecule has 1 aliphatic rings. The molecule has 1 aromatic rings. The van der Waals surface area contributed by atoms with Gasteiger partial charge in [-0.05, 0) is 30.7 Å². The first kappa shape index (κ1) is 13.5. The van der Waals surface area contributed by atoms with Crippen LogP contribution in [0.5, 0.6) is 0 Å². The van der Waals surface area contributed by atoms with Crippen LogP contribution in [0.25, 0.3) is 0 Å². The molecule has 1 aromatic carbocycles. The van der Waals surface area contributed by atoms with Crippen LogP contribution in [0.3, 0.4) is 0 Å². The molecule has 4 nitrogen and oxygen atoms in total. The smallest absolute Gasteiger partial charge is 0.249 e. The summed E-state index contributed by atoms with van der Waals surface area (Å²) in [5.74, 6) is -0.582. The van der Waals surface area contributed by atoms with Gasteiger partial charge >= 0.3 is 0 Å². The van der Waals surface area contributed by atoms with Gasteiger partial charge in [0.1, 0.15) is 11.9 Å². The highest BCUT2D eigenvalue weighted by molar-refractivity contribution is 6.01. The summed E-state index contributed by atoms with van der Waals surface area (Å²) in [6, 6.07) is 5.28. The van der Waals surface area contributed by atoms with Gasteiger partial charge < -0.3 is 10.2 Å². The summed E-state index contributed by atoms with van der Waals surface area (Å²) in [5, 5.41) is 2.74. The van der Waals surface area contributed by atoms with Crippen LogP contribution in [0.2, 0.25) is 0 Å². The zero-order valence-corrected chi connectivity index (χ0v) is 10.9. The van der Waals surface area contributed by atoms with E-state index in [9.17, 15) is 14.0 Å². The molecule has 1 unspecified atom stereocenters. The summed E-state index contributed by atoms with van der Waals surface area (Å²) in [6.45, 7) is 2.29. The number of amides is 2. The molecular formula is C14H17FN2O2. The summed E-state index contributed by atoms with van der Waals surface area (Å²) in [4.78, 5) is 25.5. The molecule has 1 aliphatic heterocycles. The lowest BCUT2D eigenvalue weighted by Gasteiger charge is -2.23. The molecule has 5 heteroatoms.